The van der Waals surface area contributed by atoms with E-state index in [2.05, 4.69) is 29.8 Å². The maximum absolute atomic E-state index is 5.90. The van der Waals surface area contributed by atoms with Gasteiger partial charge in [-0.05, 0) is 24.4 Å². The molecule has 2 fully saturated rings. The summed E-state index contributed by atoms with van der Waals surface area (Å²) in [6.07, 6.45) is 3.15. The van der Waals surface area contributed by atoms with Gasteiger partial charge in [-0.1, -0.05) is 13.0 Å². The van der Waals surface area contributed by atoms with Crippen LogP contribution in [-0.2, 0) is 9.47 Å². The van der Waals surface area contributed by atoms with E-state index < -0.39 is 0 Å². The fourth-order valence-electron chi connectivity index (χ4n) is 2.97. The summed E-state index contributed by atoms with van der Waals surface area (Å²) < 4.78 is 13.2. The minimum Gasteiger partial charge on any atom is -0.347 e. The molecule has 2 heterocycles. The molecule has 1 aliphatic heterocycles. The van der Waals surface area contributed by atoms with Crippen molar-refractivity contribution in [2.45, 2.75) is 47.5 Å². The van der Waals surface area contributed by atoms with E-state index in [-0.39, 0.29) is 5.79 Å². The van der Waals surface area contributed by atoms with Crippen molar-refractivity contribution in [3.05, 3.63) is 17.5 Å². The van der Waals surface area contributed by atoms with Crippen LogP contribution in [0.15, 0.2) is 21.7 Å². The van der Waals surface area contributed by atoms with Crippen molar-refractivity contribution in [2.24, 2.45) is 0 Å². The summed E-state index contributed by atoms with van der Waals surface area (Å²) in [6.45, 7) is 4.71. The molecule has 1 aliphatic carbocycles. The van der Waals surface area contributed by atoms with Crippen LogP contribution in [0.3, 0.4) is 0 Å². The highest BCUT2D eigenvalue weighted by molar-refractivity contribution is 8.01. The van der Waals surface area contributed by atoms with Gasteiger partial charge in [0, 0.05) is 24.1 Å². The van der Waals surface area contributed by atoms with E-state index in [1.165, 1.54) is 4.21 Å². The van der Waals surface area contributed by atoms with Crippen molar-refractivity contribution in [3.8, 4) is 0 Å². The van der Waals surface area contributed by atoms with Gasteiger partial charge in [-0.2, -0.15) is 0 Å². The summed E-state index contributed by atoms with van der Waals surface area (Å²) in [5.74, 6) is -0.291. The lowest BCUT2D eigenvalue weighted by Gasteiger charge is -2.40. The van der Waals surface area contributed by atoms with Gasteiger partial charge in [0.1, 0.15) is 0 Å². The predicted molar refractivity (Wildman–Crippen MR) is 79.9 cm³/mol. The Morgan fingerprint density at radius 1 is 1.47 bits per heavy atom. The molecule has 1 spiro atoms. The molecule has 1 N–H and O–H groups in total. The summed E-state index contributed by atoms with van der Waals surface area (Å²) in [7, 11) is 0. The Balaban J connectivity index is 1.70. The second-order valence-corrected chi connectivity index (χ2v) is 7.59. The summed E-state index contributed by atoms with van der Waals surface area (Å²) in [5, 5.41) is 6.30. The SMILES string of the molecule is CCNC1CCC2(CC1Sc1cccs1)OCCO2. The number of ether oxygens (including phenoxy) is 2. The zero-order chi connectivity index (χ0) is 13.1. The van der Waals surface area contributed by atoms with Gasteiger partial charge in [0.15, 0.2) is 5.79 Å². The fourth-order valence-corrected chi connectivity index (χ4v) is 5.37. The van der Waals surface area contributed by atoms with Crippen LogP contribution in [0.1, 0.15) is 26.2 Å². The fraction of sp³-hybridized carbons (Fsp3) is 0.714. The zero-order valence-corrected chi connectivity index (χ0v) is 12.9. The van der Waals surface area contributed by atoms with Crippen LogP contribution in [-0.4, -0.2) is 36.8 Å². The number of hydrogen-bond donors (Lipinski definition) is 1. The molecule has 3 rings (SSSR count). The van der Waals surface area contributed by atoms with Crippen LogP contribution in [0.2, 0.25) is 0 Å². The lowest BCUT2D eigenvalue weighted by molar-refractivity contribution is -0.178. The molecule has 1 saturated heterocycles. The maximum Gasteiger partial charge on any atom is 0.169 e. The molecule has 1 aromatic heterocycles. The van der Waals surface area contributed by atoms with Gasteiger partial charge in [-0.15, -0.1) is 23.1 Å². The molecule has 2 unspecified atom stereocenters. The Hall–Kier alpha value is -0.0700. The van der Waals surface area contributed by atoms with Crippen molar-refractivity contribution in [1.29, 1.82) is 0 Å². The first-order valence-electron chi connectivity index (χ1n) is 7.03. The Kier molecular flexibility index (Phi) is 4.49. The second-order valence-electron chi connectivity index (χ2n) is 5.10. The number of nitrogens with one attached hydrogen (secondary N) is 1. The quantitative estimate of drug-likeness (QED) is 0.925. The molecule has 0 bridgehead atoms. The molecule has 1 saturated carbocycles. The number of hydrogen-bond acceptors (Lipinski definition) is 5. The van der Waals surface area contributed by atoms with E-state index in [9.17, 15) is 0 Å². The first-order chi connectivity index (χ1) is 9.31. The highest BCUT2D eigenvalue weighted by Crippen LogP contribution is 2.43. The van der Waals surface area contributed by atoms with Crippen molar-refractivity contribution >= 4 is 23.1 Å². The Bertz CT molecular complexity index is 390. The molecule has 19 heavy (non-hydrogen) atoms. The van der Waals surface area contributed by atoms with Gasteiger partial charge in [-0.25, -0.2) is 0 Å². The van der Waals surface area contributed by atoms with E-state index in [4.69, 9.17) is 9.47 Å². The highest BCUT2D eigenvalue weighted by Gasteiger charge is 2.45. The number of rotatable bonds is 4. The van der Waals surface area contributed by atoms with Gasteiger partial charge in [-0.3, -0.25) is 0 Å². The minimum atomic E-state index is -0.291. The van der Waals surface area contributed by atoms with E-state index in [0.717, 1.165) is 39.0 Å². The molecule has 0 aromatic carbocycles. The van der Waals surface area contributed by atoms with Crippen molar-refractivity contribution < 1.29 is 9.47 Å². The molecule has 1 aromatic rings. The molecule has 2 atom stereocenters. The minimum absolute atomic E-state index is 0.291. The van der Waals surface area contributed by atoms with E-state index in [1.54, 1.807) is 0 Å². The van der Waals surface area contributed by atoms with Gasteiger partial charge in [0.2, 0.25) is 0 Å². The normalized spacial score (nSPS) is 29.9. The topological polar surface area (TPSA) is 30.5 Å². The molecule has 5 heteroatoms. The largest absolute Gasteiger partial charge is 0.347 e. The number of thioether (sulfide) groups is 1. The summed E-state index contributed by atoms with van der Waals surface area (Å²) >= 11 is 3.80. The average Bonchev–Trinajstić information content (AvgIpc) is 3.06. The summed E-state index contributed by atoms with van der Waals surface area (Å²) in [4.78, 5) is 0. The second kappa shape index (κ2) is 6.14. The lowest BCUT2D eigenvalue weighted by Crippen LogP contribution is -2.49. The van der Waals surface area contributed by atoms with Gasteiger partial charge in [0.05, 0.1) is 17.4 Å². The average molecular weight is 299 g/mol. The third-order valence-electron chi connectivity index (χ3n) is 3.84. The summed E-state index contributed by atoms with van der Waals surface area (Å²) in [5.41, 5.74) is 0. The lowest BCUT2D eigenvalue weighted by atomic mass is 9.89. The van der Waals surface area contributed by atoms with Crippen molar-refractivity contribution in [2.75, 3.05) is 19.8 Å². The predicted octanol–water partition coefficient (Wildman–Crippen LogP) is 3.11. The van der Waals surface area contributed by atoms with Gasteiger partial charge in [0.25, 0.3) is 0 Å². The van der Waals surface area contributed by atoms with Crippen molar-refractivity contribution in [1.82, 2.24) is 5.32 Å². The van der Waals surface area contributed by atoms with Crippen molar-refractivity contribution in [3.63, 3.8) is 0 Å². The van der Waals surface area contributed by atoms with E-state index in [1.807, 2.05) is 23.1 Å². The van der Waals surface area contributed by atoms with Crippen LogP contribution < -0.4 is 5.32 Å². The molecule has 106 valence electrons. The van der Waals surface area contributed by atoms with Crippen LogP contribution in [0.4, 0.5) is 0 Å². The van der Waals surface area contributed by atoms with Crippen LogP contribution in [0, 0.1) is 0 Å². The Morgan fingerprint density at radius 3 is 3.00 bits per heavy atom. The van der Waals surface area contributed by atoms with Crippen LogP contribution in [0.25, 0.3) is 0 Å². The third-order valence-corrected chi connectivity index (χ3v) is 6.24. The smallest absolute Gasteiger partial charge is 0.169 e. The molecule has 3 nitrogen and oxygen atoms in total. The standard InChI is InChI=1S/C14H21NO2S2/c1-2-15-11-5-6-14(16-7-8-17-14)10-12(11)19-13-4-3-9-18-13/h3-4,9,11-12,15H,2,5-8,10H2,1H3. The van der Waals surface area contributed by atoms with Crippen LogP contribution in [0.5, 0.6) is 0 Å². The van der Waals surface area contributed by atoms with E-state index in [0.29, 0.717) is 11.3 Å². The Morgan fingerprint density at radius 2 is 2.32 bits per heavy atom. The first-order valence-corrected chi connectivity index (χ1v) is 8.79. The zero-order valence-electron chi connectivity index (χ0n) is 11.3. The van der Waals surface area contributed by atoms with Gasteiger partial charge >= 0.3 is 0 Å². The first kappa shape index (κ1) is 13.9. The molecular formula is C14H21NO2S2. The molecule has 0 amide bonds. The Labute approximate surface area is 123 Å². The molecular weight excluding hydrogens is 278 g/mol. The monoisotopic (exact) mass is 299 g/mol. The third kappa shape index (κ3) is 3.16. The molecule has 0 radical (unpaired) electrons. The number of thiophene rings is 1. The highest BCUT2D eigenvalue weighted by atomic mass is 32.2. The summed E-state index contributed by atoms with van der Waals surface area (Å²) in [6, 6.07) is 4.89. The molecule has 2 aliphatic rings. The van der Waals surface area contributed by atoms with Gasteiger partial charge < -0.3 is 14.8 Å². The van der Waals surface area contributed by atoms with Crippen LogP contribution >= 0.6 is 23.1 Å². The van der Waals surface area contributed by atoms with E-state index >= 15 is 0 Å². The maximum atomic E-state index is 5.90.